The van der Waals surface area contributed by atoms with Crippen LogP contribution in [0.4, 0.5) is 0 Å². The van der Waals surface area contributed by atoms with Crippen LogP contribution in [0.15, 0.2) is 83.8 Å². The maximum atomic E-state index is 10.6. The van der Waals surface area contributed by atoms with Gasteiger partial charge in [0, 0.05) is 0 Å². The van der Waals surface area contributed by atoms with Gasteiger partial charge in [0.25, 0.3) is 10.1 Å². The first-order chi connectivity index (χ1) is 11.9. The smallest absolute Gasteiger partial charge is 0.282 e. The molecule has 0 spiro atoms. The van der Waals surface area contributed by atoms with E-state index in [4.69, 9.17) is 4.55 Å². The molecule has 0 saturated carbocycles. The maximum absolute atomic E-state index is 10.6. The third kappa shape index (κ3) is 6.18. The zero-order valence-corrected chi connectivity index (χ0v) is 15.2. The topological polar surface area (TPSA) is 54.4 Å². The van der Waals surface area contributed by atoms with Gasteiger partial charge in [0.2, 0.25) is 0 Å². The lowest BCUT2D eigenvalue weighted by molar-refractivity contribution is 0.482. The number of aryl methyl sites for hydroxylation is 2. The minimum Gasteiger partial charge on any atom is -0.282 e. The normalized spacial score (nSPS) is 10.7. The molecule has 3 aromatic rings. The largest absolute Gasteiger partial charge is 0.294 e. The van der Waals surface area contributed by atoms with E-state index in [1.165, 1.54) is 22.8 Å². The van der Waals surface area contributed by atoms with Gasteiger partial charge in [0.05, 0.1) is 4.90 Å². The molecule has 130 valence electrons. The van der Waals surface area contributed by atoms with E-state index in [2.05, 4.69) is 61.5 Å². The van der Waals surface area contributed by atoms with Gasteiger partial charge < -0.3 is 0 Å². The van der Waals surface area contributed by atoms with Crippen LogP contribution in [0.2, 0.25) is 0 Å². The van der Waals surface area contributed by atoms with Crippen LogP contribution in [-0.4, -0.2) is 13.0 Å². The van der Waals surface area contributed by atoms with Crippen molar-refractivity contribution in [3.05, 3.63) is 101 Å². The molecule has 3 aromatic carbocycles. The Bertz CT molecular complexity index is 899. The Hall–Kier alpha value is -2.43. The fourth-order valence-corrected chi connectivity index (χ4v) is 3.11. The van der Waals surface area contributed by atoms with Crippen molar-refractivity contribution >= 4 is 10.1 Å². The van der Waals surface area contributed by atoms with Gasteiger partial charge in [-0.2, -0.15) is 8.42 Å². The summed E-state index contributed by atoms with van der Waals surface area (Å²) in [5, 5.41) is 0. The summed E-state index contributed by atoms with van der Waals surface area (Å²) < 4.78 is 29.9. The Labute approximate surface area is 149 Å². The van der Waals surface area contributed by atoms with Crippen molar-refractivity contribution in [2.45, 2.75) is 25.2 Å². The monoisotopic (exact) mass is 354 g/mol. The van der Waals surface area contributed by atoms with Crippen molar-refractivity contribution in [2.24, 2.45) is 0 Å². The van der Waals surface area contributed by atoms with Crippen LogP contribution in [0.5, 0.6) is 0 Å². The van der Waals surface area contributed by atoms with Crippen molar-refractivity contribution in [2.75, 3.05) is 0 Å². The average molecular weight is 354 g/mol. The Kier molecular flexibility index (Phi) is 6.51. The Morgan fingerprint density at radius 3 is 1.76 bits per heavy atom. The molecule has 4 heteroatoms. The predicted octanol–water partition coefficient (Wildman–Crippen LogP) is 4.83. The number of benzene rings is 3. The fourth-order valence-electron chi connectivity index (χ4n) is 2.38. The van der Waals surface area contributed by atoms with Crippen LogP contribution < -0.4 is 0 Å². The number of hydrogen-bond acceptors (Lipinski definition) is 2. The summed E-state index contributed by atoms with van der Waals surface area (Å²) >= 11 is 0. The van der Waals surface area contributed by atoms with Crippen molar-refractivity contribution in [3.63, 3.8) is 0 Å². The molecule has 0 atom stereocenters. The van der Waals surface area contributed by atoms with Crippen molar-refractivity contribution < 1.29 is 13.0 Å². The molecule has 0 aromatic heterocycles. The van der Waals surface area contributed by atoms with Gasteiger partial charge in [-0.15, -0.1) is 0 Å². The van der Waals surface area contributed by atoms with E-state index >= 15 is 0 Å². The van der Waals surface area contributed by atoms with Gasteiger partial charge in [0.15, 0.2) is 0 Å². The highest BCUT2D eigenvalue weighted by Gasteiger charge is 2.10. The van der Waals surface area contributed by atoms with Crippen LogP contribution in [0.25, 0.3) is 0 Å². The average Bonchev–Trinajstić information content (AvgIpc) is 2.58. The molecule has 0 heterocycles. The van der Waals surface area contributed by atoms with E-state index in [1.54, 1.807) is 25.1 Å². The lowest BCUT2D eigenvalue weighted by Gasteiger charge is -2.01. The maximum Gasteiger partial charge on any atom is 0.294 e. The Morgan fingerprint density at radius 1 is 0.720 bits per heavy atom. The lowest BCUT2D eigenvalue weighted by atomic mass is 10.0. The molecule has 0 fully saturated rings. The zero-order chi connectivity index (χ0) is 18.3. The van der Waals surface area contributed by atoms with Crippen LogP contribution in [0.3, 0.4) is 0 Å². The van der Waals surface area contributed by atoms with Crippen molar-refractivity contribution in [3.8, 4) is 0 Å². The van der Waals surface area contributed by atoms with E-state index in [1.807, 2.05) is 0 Å². The second kappa shape index (κ2) is 8.60. The van der Waals surface area contributed by atoms with E-state index in [-0.39, 0.29) is 4.90 Å². The van der Waals surface area contributed by atoms with E-state index in [0.29, 0.717) is 5.56 Å². The van der Waals surface area contributed by atoms with Crippen molar-refractivity contribution in [1.29, 1.82) is 0 Å². The van der Waals surface area contributed by atoms with Gasteiger partial charge in [-0.25, -0.2) is 0 Å². The molecule has 0 bridgehead atoms. The quantitative estimate of drug-likeness (QED) is 0.686. The molecule has 0 saturated heterocycles. The molecule has 0 aliphatic rings. The molecule has 0 unspecified atom stereocenters. The molecular weight excluding hydrogens is 332 g/mol. The van der Waals surface area contributed by atoms with Gasteiger partial charge >= 0.3 is 0 Å². The predicted molar refractivity (Wildman–Crippen MR) is 101 cm³/mol. The lowest BCUT2D eigenvalue weighted by Crippen LogP contribution is -1.99. The van der Waals surface area contributed by atoms with Crippen LogP contribution in [-0.2, 0) is 16.5 Å². The highest BCUT2D eigenvalue weighted by Crippen LogP contribution is 2.12. The van der Waals surface area contributed by atoms with E-state index < -0.39 is 10.1 Å². The first-order valence-electron chi connectivity index (χ1n) is 7.99. The van der Waals surface area contributed by atoms with Crippen LogP contribution in [0, 0.1) is 13.8 Å². The Morgan fingerprint density at radius 2 is 1.24 bits per heavy atom. The first kappa shape index (κ1) is 18.9. The second-order valence-corrected chi connectivity index (χ2v) is 7.28. The van der Waals surface area contributed by atoms with Crippen LogP contribution >= 0.6 is 0 Å². The van der Waals surface area contributed by atoms with Gasteiger partial charge in [-0.3, -0.25) is 4.55 Å². The number of rotatable bonds is 3. The molecule has 3 rings (SSSR count). The molecule has 0 aliphatic heterocycles. The summed E-state index contributed by atoms with van der Waals surface area (Å²) in [5.41, 5.74) is 4.62. The standard InChI is InChI=1S/C14H14.C7H8O3S/c1-12-7-9-14(10-8-12)11-13-5-3-2-4-6-13;1-6-4-2-3-5-7(6)11(8,9)10/h2-10H,11H2,1H3;2-5H,1H3,(H,8,9,10). The second-order valence-electron chi connectivity index (χ2n) is 5.89. The van der Waals surface area contributed by atoms with Crippen molar-refractivity contribution in [1.82, 2.24) is 0 Å². The molecule has 0 aliphatic carbocycles. The summed E-state index contributed by atoms with van der Waals surface area (Å²) in [4.78, 5) is -0.0278. The summed E-state index contributed by atoms with van der Waals surface area (Å²) in [7, 11) is -4.03. The third-order valence-corrected chi connectivity index (χ3v) is 4.76. The third-order valence-electron chi connectivity index (χ3n) is 3.74. The molecule has 25 heavy (non-hydrogen) atoms. The molecule has 0 radical (unpaired) electrons. The zero-order valence-electron chi connectivity index (χ0n) is 14.4. The highest BCUT2D eigenvalue weighted by molar-refractivity contribution is 7.85. The first-order valence-corrected chi connectivity index (χ1v) is 9.43. The molecule has 0 amide bonds. The SMILES string of the molecule is Cc1ccc(Cc2ccccc2)cc1.Cc1ccccc1S(=O)(=O)O. The summed E-state index contributed by atoms with van der Waals surface area (Å²) in [6.45, 7) is 3.75. The van der Waals surface area contributed by atoms with Gasteiger partial charge in [-0.1, -0.05) is 78.4 Å². The Balaban J connectivity index is 0.000000186. The van der Waals surface area contributed by atoms with E-state index in [0.717, 1.165) is 6.42 Å². The fraction of sp³-hybridized carbons (Fsp3) is 0.143. The molecular formula is C21H22O3S. The summed E-state index contributed by atoms with van der Waals surface area (Å²) in [6.07, 6.45) is 1.03. The van der Waals surface area contributed by atoms with E-state index in [9.17, 15) is 8.42 Å². The summed E-state index contributed by atoms with van der Waals surface area (Å²) in [6, 6.07) is 25.6. The van der Waals surface area contributed by atoms with Gasteiger partial charge in [0.1, 0.15) is 0 Å². The molecule has 3 nitrogen and oxygen atoms in total. The minimum atomic E-state index is -4.03. The van der Waals surface area contributed by atoms with Gasteiger partial charge in [-0.05, 0) is 43.0 Å². The van der Waals surface area contributed by atoms with Crippen LogP contribution in [0.1, 0.15) is 22.3 Å². The minimum absolute atomic E-state index is 0.0278. The summed E-state index contributed by atoms with van der Waals surface area (Å²) in [5.74, 6) is 0. The highest BCUT2D eigenvalue weighted by atomic mass is 32.2. The molecule has 1 N–H and O–H groups in total. The number of hydrogen-bond donors (Lipinski definition) is 1.